The molecule has 0 bridgehead atoms. The van der Waals surface area contributed by atoms with Crippen LogP contribution in [0, 0.1) is 0 Å². The molecule has 2 atom stereocenters. The Morgan fingerprint density at radius 2 is 2.14 bits per heavy atom. The lowest BCUT2D eigenvalue weighted by Crippen LogP contribution is -2.41. The van der Waals surface area contributed by atoms with Crippen LogP contribution in [0.25, 0.3) is 0 Å². The third kappa shape index (κ3) is 3.30. The second kappa shape index (κ2) is 6.75. The number of aryl methyl sites for hydroxylation is 2. The Bertz CT molecular complexity index is 513. The summed E-state index contributed by atoms with van der Waals surface area (Å²) >= 11 is 0. The van der Waals surface area contributed by atoms with Gasteiger partial charge in [0.25, 0.3) is 0 Å². The van der Waals surface area contributed by atoms with Crippen molar-refractivity contribution in [1.82, 2.24) is 19.9 Å². The molecule has 1 N–H and O–H groups in total. The monoisotopic (exact) mass is 308 g/mol. The van der Waals surface area contributed by atoms with E-state index in [0.29, 0.717) is 37.6 Å². The highest BCUT2D eigenvalue weighted by Gasteiger charge is 2.38. The smallest absolute Gasteiger partial charge is 0.227 e. The Morgan fingerprint density at radius 3 is 2.82 bits per heavy atom. The fourth-order valence-electron chi connectivity index (χ4n) is 3.31. The van der Waals surface area contributed by atoms with E-state index in [1.54, 1.807) is 4.90 Å². The Kier molecular flexibility index (Phi) is 4.73. The second-order valence-corrected chi connectivity index (χ2v) is 6.13. The number of aliphatic hydroxyl groups excluding tert-OH is 1. The summed E-state index contributed by atoms with van der Waals surface area (Å²) in [7, 11) is 0. The van der Waals surface area contributed by atoms with Crippen LogP contribution in [0.4, 0.5) is 0 Å². The standard InChI is InChI=1S/C15H24N4O3/c1-2-13-16-14(22-17-13)5-6-15(21)19-9-11(12(20)10-19)18-7-3-4-8-18/h11-12,20H,2-10H2,1H3/t11-,12-/m1/s1. The van der Waals surface area contributed by atoms with Crippen molar-refractivity contribution in [3.05, 3.63) is 11.7 Å². The fraction of sp³-hybridized carbons (Fsp3) is 0.800. The van der Waals surface area contributed by atoms with Gasteiger partial charge in [0.15, 0.2) is 5.82 Å². The van der Waals surface area contributed by atoms with Gasteiger partial charge in [0.2, 0.25) is 11.8 Å². The Hall–Kier alpha value is -1.47. The molecule has 3 heterocycles. The largest absolute Gasteiger partial charge is 0.390 e. The van der Waals surface area contributed by atoms with Gasteiger partial charge in [-0.05, 0) is 25.9 Å². The highest BCUT2D eigenvalue weighted by molar-refractivity contribution is 5.76. The Balaban J connectivity index is 1.50. The van der Waals surface area contributed by atoms with Gasteiger partial charge in [-0.1, -0.05) is 12.1 Å². The number of amides is 1. The van der Waals surface area contributed by atoms with Gasteiger partial charge in [-0.3, -0.25) is 9.69 Å². The zero-order valence-electron chi connectivity index (χ0n) is 13.1. The first-order valence-corrected chi connectivity index (χ1v) is 8.18. The van der Waals surface area contributed by atoms with Crippen molar-refractivity contribution in [2.45, 2.75) is 51.2 Å². The van der Waals surface area contributed by atoms with Crippen LogP contribution in [0.5, 0.6) is 0 Å². The number of rotatable bonds is 5. The van der Waals surface area contributed by atoms with Crippen LogP contribution in [-0.2, 0) is 17.6 Å². The van der Waals surface area contributed by atoms with E-state index in [0.717, 1.165) is 19.5 Å². The quantitative estimate of drug-likeness (QED) is 0.838. The van der Waals surface area contributed by atoms with E-state index in [9.17, 15) is 9.90 Å². The first-order valence-electron chi connectivity index (χ1n) is 8.18. The van der Waals surface area contributed by atoms with Gasteiger partial charge in [0, 0.05) is 32.4 Å². The molecule has 0 spiro atoms. The second-order valence-electron chi connectivity index (χ2n) is 6.13. The molecule has 7 heteroatoms. The lowest BCUT2D eigenvalue weighted by atomic mass is 10.2. The first kappa shape index (κ1) is 15.4. The molecule has 0 aliphatic carbocycles. The minimum atomic E-state index is -0.433. The van der Waals surface area contributed by atoms with Crippen LogP contribution in [-0.4, -0.2) is 69.3 Å². The number of nitrogens with zero attached hydrogens (tertiary/aromatic N) is 4. The van der Waals surface area contributed by atoms with E-state index >= 15 is 0 Å². The summed E-state index contributed by atoms with van der Waals surface area (Å²) in [6.07, 6.45) is 3.49. The van der Waals surface area contributed by atoms with Crippen molar-refractivity contribution in [3.8, 4) is 0 Å². The van der Waals surface area contributed by atoms with Crippen LogP contribution in [0.2, 0.25) is 0 Å². The molecule has 22 heavy (non-hydrogen) atoms. The van der Waals surface area contributed by atoms with Gasteiger partial charge in [0.1, 0.15) is 0 Å². The predicted molar refractivity (Wildman–Crippen MR) is 79.2 cm³/mol. The van der Waals surface area contributed by atoms with E-state index in [1.165, 1.54) is 12.8 Å². The highest BCUT2D eigenvalue weighted by atomic mass is 16.5. The third-order valence-electron chi connectivity index (χ3n) is 4.60. The summed E-state index contributed by atoms with van der Waals surface area (Å²) in [5.41, 5.74) is 0. The van der Waals surface area contributed by atoms with E-state index < -0.39 is 6.10 Å². The molecule has 1 aromatic rings. The molecule has 1 aromatic heterocycles. The molecule has 0 radical (unpaired) electrons. The summed E-state index contributed by atoms with van der Waals surface area (Å²) in [4.78, 5) is 20.6. The number of aromatic nitrogens is 2. The molecule has 2 saturated heterocycles. The predicted octanol–water partition coefficient (Wildman–Crippen LogP) is 0.232. The third-order valence-corrected chi connectivity index (χ3v) is 4.60. The van der Waals surface area contributed by atoms with Gasteiger partial charge < -0.3 is 14.5 Å². The summed E-state index contributed by atoms with van der Waals surface area (Å²) in [6.45, 7) is 5.09. The molecular formula is C15H24N4O3. The van der Waals surface area contributed by atoms with Crippen molar-refractivity contribution in [3.63, 3.8) is 0 Å². The average Bonchev–Trinajstić information content (AvgIpc) is 3.24. The summed E-state index contributed by atoms with van der Waals surface area (Å²) < 4.78 is 5.10. The van der Waals surface area contributed by atoms with E-state index in [1.807, 2.05) is 6.92 Å². The van der Waals surface area contributed by atoms with E-state index in [2.05, 4.69) is 15.0 Å². The van der Waals surface area contributed by atoms with Gasteiger partial charge in [-0.2, -0.15) is 4.98 Å². The van der Waals surface area contributed by atoms with E-state index in [4.69, 9.17) is 4.52 Å². The van der Waals surface area contributed by atoms with Crippen LogP contribution < -0.4 is 0 Å². The summed E-state index contributed by atoms with van der Waals surface area (Å²) in [5, 5.41) is 14.0. The molecule has 1 amide bonds. The van der Waals surface area contributed by atoms with Gasteiger partial charge in [-0.15, -0.1) is 0 Å². The molecule has 0 aromatic carbocycles. The lowest BCUT2D eigenvalue weighted by Gasteiger charge is -2.25. The maximum Gasteiger partial charge on any atom is 0.227 e. The molecule has 2 aliphatic heterocycles. The summed E-state index contributed by atoms with van der Waals surface area (Å²) in [6, 6.07) is 0.0987. The van der Waals surface area contributed by atoms with Crippen molar-refractivity contribution in [2.24, 2.45) is 0 Å². The molecule has 0 saturated carbocycles. The van der Waals surface area contributed by atoms with Crippen LogP contribution in [0.3, 0.4) is 0 Å². The molecule has 3 rings (SSSR count). The molecular weight excluding hydrogens is 284 g/mol. The van der Waals surface area contributed by atoms with Crippen LogP contribution in [0.1, 0.15) is 37.9 Å². The maximum atomic E-state index is 12.3. The molecule has 0 unspecified atom stereocenters. The molecule has 122 valence electrons. The number of aliphatic hydroxyl groups is 1. The highest BCUT2D eigenvalue weighted by Crippen LogP contribution is 2.21. The van der Waals surface area contributed by atoms with Crippen molar-refractivity contribution in [1.29, 1.82) is 0 Å². The molecule has 2 aliphatic rings. The minimum absolute atomic E-state index is 0.0528. The number of hydrogen-bond acceptors (Lipinski definition) is 6. The topological polar surface area (TPSA) is 82.7 Å². The van der Waals surface area contributed by atoms with Crippen LogP contribution in [0.15, 0.2) is 4.52 Å². The Labute approximate surface area is 130 Å². The number of carbonyl (C=O) groups excluding carboxylic acids is 1. The number of hydrogen-bond donors (Lipinski definition) is 1. The van der Waals surface area contributed by atoms with Gasteiger partial charge in [-0.25, -0.2) is 0 Å². The molecule has 7 nitrogen and oxygen atoms in total. The van der Waals surface area contributed by atoms with Crippen LogP contribution >= 0.6 is 0 Å². The van der Waals surface area contributed by atoms with Gasteiger partial charge >= 0.3 is 0 Å². The average molecular weight is 308 g/mol. The van der Waals surface area contributed by atoms with Gasteiger partial charge in [0.05, 0.1) is 12.1 Å². The minimum Gasteiger partial charge on any atom is -0.390 e. The van der Waals surface area contributed by atoms with E-state index in [-0.39, 0.29) is 11.9 Å². The number of carbonyl (C=O) groups is 1. The SMILES string of the molecule is CCc1noc(CCC(=O)N2C[C@@H](O)[C@H](N3CCCC3)C2)n1. The zero-order valence-corrected chi connectivity index (χ0v) is 13.1. The number of β-amino-alcohol motifs (C(OH)–C–C–N with tert-alkyl or cyclic N) is 1. The van der Waals surface area contributed by atoms with Crippen molar-refractivity contribution in [2.75, 3.05) is 26.2 Å². The lowest BCUT2D eigenvalue weighted by molar-refractivity contribution is -0.130. The van der Waals surface area contributed by atoms with Crippen molar-refractivity contribution >= 4 is 5.91 Å². The molecule has 2 fully saturated rings. The fourth-order valence-corrected chi connectivity index (χ4v) is 3.31. The van der Waals surface area contributed by atoms with Crippen molar-refractivity contribution < 1.29 is 14.4 Å². The first-order chi connectivity index (χ1) is 10.7. The zero-order chi connectivity index (χ0) is 15.5. The number of likely N-dealkylation sites (tertiary alicyclic amines) is 2. The summed E-state index contributed by atoms with van der Waals surface area (Å²) in [5.74, 6) is 1.24. The normalized spacial score (nSPS) is 26.0. The Morgan fingerprint density at radius 1 is 1.36 bits per heavy atom. The maximum absolute atomic E-state index is 12.3.